The van der Waals surface area contributed by atoms with Crippen LogP contribution < -0.4 is 21.3 Å². The van der Waals surface area contributed by atoms with Crippen LogP contribution in [0.1, 0.15) is 79.1 Å². The van der Waals surface area contributed by atoms with E-state index in [4.69, 9.17) is 4.74 Å². The average molecular weight is 671 g/mol. The maximum absolute atomic E-state index is 13.9. The lowest BCUT2D eigenvalue weighted by Gasteiger charge is -2.35. The molecule has 5 amide bonds. The fourth-order valence-electron chi connectivity index (χ4n) is 5.39. The van der Waals surface area contributed by atoms with Crippen LogP contribution in [0.5, 0.6) is 0 Å². The van der Waals surface area contributed by atoms with Crippen LogP contribution in [0.15, 0.2) is 12.7 Å². The Balaban J connectivity index is 2.26. The SMILES string of the molecule is C=CCNC(=O)C(=O)[C@@H]1CCCCCCCOC[C@H](NC(=O)N[C@H](CN(C)S(=O)(=O)CC)C(C)(C)C)C(=O)N2CCC[C@H]2C(=O)N1. The normalized spacial score (nSPS) is 23.2. The topological polar surface area (TPSA) is 183 Å². The van der Waals surface area contributed by atoms with Crippen molar-refractivity contribution in [2.24, 2.45) is 5.41 Å². The Kier molecular flexibility index (Phi) is 15.6. The number of ether oxygens (including phenoxy) is 1. The Bertz CT molecular complexity index is 1190. The lowest BCUT2D eigenvalue weighted by atomic mass is 9.87. The molecule has 0 aromatic rings. The number of hydrogen-bond donors (Lipinski definition) is 4. The van der Waals surface area contributed by atoms with Gasteiger partial charge in [0.2, 0.25) is 27.6 Å². The van der Waals surface area contributed by atoms with Crippen molar-refractivity contribution in [1.29, 1.82) is 0 Å². The second-order valence-corrected chi connectivity index (χ2v) is 15.4. The highest BCUT2D eigenvalue weighted by atomic mass is 32.2. The molecule has 0 radical (unpaired) electrons. The molecule has 0 saturated carbocycles. The summed E-state index contributed by atoms with van der Waals surface area (Å²) in [6.45, 7) is 11.4. The summed E-state index contributed by atoms with van der Waals surface area (Å²) in [5, 5.41) is 10.7. The van der Waals surface area contributed by atoms with Crippen molar-refractivity contribution in [3.05, 3.63) is 12.7 Å². The van der Waals surface area contributed by atoms with Crippen LogP contribution in [0.4, 0.5) is 4.79 Å². The number of carbonyl (C=O) groups is 5. The number of urea groups is 1. The van der Waals surface area contributed by atoms with Crippen molar-refractivity contribution in [3.63, 3.8) is 0 Å². The molecule has 0 aromatic carbocycles. The minimum atomic E-state index is -3.50. The summed E-state index contributed by atoms with van der Waals surface area (Å²) in [5.74, 6) is -2.68. The van der Waals surface area contributed by atoms with Gasteiger partial charge in [0.15, 0.2) is 0 Å². The zero-order valence-electron chi connectivity index (χ0n) is 28.1. The molecule has 0 unspecified atom stereocenters. The second kappa shape index (κ2) is 18.3. The van der Waals surface area contributed by atoms with Gasteiger partial charge < -0.3 is 30.9 Å². The highest BCUT2D eigenvalue weighted by molar-refractivity contribution is 7.89. The van der Waals surface area contributed by atoms with Crippen LogP contribution in [0, 0.1) is 5.41 Å². The van der Waals surface area contributed by atoms with Crippen molar-refractivity contribution in [1.82, 2.24) is 30.5 Å². The molecule has 14 nitrogen and oxygen atoms in total. The number of ketones is 1. The van der Waals surface area contributed by atoms with Crippen molar-refractivity contribution in [2.75, 3.05) is 45.6 Å². The summed E-state index contributed by atoms with van der Waals surface area (Å²) in [4.78, 5) is 67.5. The van der Waals surface area contributed by atoms with Crippen molar-refractivity contribution in [2.45, 2.75) is 103 Å². The summed E-state index contributed by atoms with van der Waals surface area (Å²) in [5.41, 5.74) is -0.523. The number of hydrogen-bond acceptors (Lipinski definition) is 8. The van der Waals surface area contributed by atoms with Gasteiger partial charge in [0.25, 0.3) is 5.91 Å². The first kappa shape index (κ1) is 39.1. The molecule has 4 N–H and O–H groups in total. The molecule has 46 heavy (non-hydrogen) atoms. The number of nitrogens with zero attached hydrogens (tertiary/aromatic N) is 2. The largest absolute Gasteiger partial charge is 0.379 e. The van der Waals surface area contributed by atoms with Crippen molar-refractivity contribution >= 4 is 39.6 Å². The van der Waals surface area contributed by atoms with E-state index in [2.05, 4.69) is 27.8 Å². The fraction of sp³-hybridized carbons (Fsp3) is 0.774. The van der Waals surface area contributed by atoms with Crippen LogP contribution in [-0.4, -0.2) is 117 Å². The number of Topliss-reactive ketones (excluding diaryl/α,β-unsaturated/α-hetero) is 1. The Morgan fingerprint density at radius 3 is 2.43 bits per heavy atom. The monoisotopic (exact) mass is 670 g/mol. The third-order valence-corrected chi connectivity index (χ3v) is 10.2. The van der Waals surface area contributed by atoms with Gasteiger partial charge in [-0.05, 0) is 38.0 Å². The Hall–Kier alpha value is -3.04. The Morgan fingerprint density at radius 1 is 1.11 bits per heavy atom. The van der Waals surface area contributed by atoms with E-state index in [1.807, 2.05) is 20.8 Å². The molecule has 15 heteroatoms. The number of likely N-dealkylation sites (N-methyl/N-ethyl adjacent to an activating group) is 1. The van der Waals surface area contributed by atoms with E-state index in [0.29, 0.717) is 25.9 Å². The first-order valence-electron chi connectivity index (χ1n) is 16.2. The molecule has 262 valence electrons. The molecule has 0 aliphatic carbocycles. The highest BCUT2D eigenvalue weighted by Gasteiger charge is 2.40. The van der Waals surface area contributed by atoms with Crippen molar-refractivity contribution in [3.8, 4) is 0 Å². The highest BCUT2D eigenvalue weighted by Crippen LogP contribution is 2.22. The molecule has 2 heterocycles. The van der Waals surface area contributed by atoms with Gasteiger partial charge in [0, 0.05) is 39.3 Å². The molecule has 2 aliphatic rings. The maximum Gasteiger partial charge on any atom is 0.315 e. The molecular formula is C31H54N6O8S. The number of carbonyl (C=O) groups excluding carboxylic acids is 5. The van der Waals surface area contributed by atoms with Gasteiger partial charge in [-0.25, -0.2) is 17.5 Å². The third-order valence-electron chi connectivity index (χ3n) is 8.40. The lowest BCUT2D eigenvalue weighted by molar-refractivity contribution is -0.143. The van der Waals surface area contributed by atoms with E-state index < -0.39 is 69.1 Å². The van der Waals surface area contributed by atoms with E-state index in [9.17, 15) is 32.4 Å². The first-order chi connectivity index (χ1) is 21.6. The molecule has 2 rings (SSSR count). The third kappa shape index (κ3) is 12.0. The van der Waals surface area contributed by atoms with Crippen LogP contribution in [0.2, 0.25) is 0 Å². The molecule has 2 saturated heterocycles. The van der Waals surface area contributed by atoms with E-state index >= 15 is 0 Å². The minimum Gasteiger partial charge on any atom is -0.379 e. The number of fused-ring (bicyclic) bond motifs is 1. The van der Waals surface area contributed by atoms with Gasteiger partial charge in [-0.3, -0.25) is 19.2 Å². The van der Waals surface area contributed by atoms with Gasteiger partial charge in [-0.1, -0.05) is 52.5 Å². The standard InChI is InChI=1S/C31H54N6O8S/c1-7-17-32-28(40)26(38)22-15-12-10-9-11-13-19-45-21-23(29(41)37-18-14-16-24(37)27(39)33-22)34-30(42)35-25(31(3,4)5)20-36(6)46(43,44)8-2/h7,22-25H,1,8-21H2,2-6H3,(H,32,40)(H,33,39)(H2,34,35,42)/t22-,23-,24-,25+/m0/s1. The van der Waals surface area contributed by atoms with Gasteiger partial charge in [-0.15, -0.1) is 6.58 Å². The van der Waals surface area contributed by atoms with Gasteiger partial charge in [0.05, 0.1) is 18.4 Å². The number of rotatable bonds is 10. The predicted octanol–water partition coefficient (Wildman–Crippen LogP) is 1.07. The van der Waals surface area contributed by atoms with Crippen LogP contribution in [0.3, 0.4) is 0 Å². The molecule has 4 atom stereocenters. The minimum absolute atomic E-state index is 0.0298. The zero-order chi connectivity index (χ0) is 34.5. The first-order valence-corrected chi connectivity index (χ1v) is 17.9. The second-order valence-electron chi connectivity index (χ2n) is 13.0. The summed E-state index contributed by atoms with van der Waals surface area (Å²) < 4.78 is 31.8. The number of sulfonamides is 1. The summed E-state index contributed by atoms with van der Waals surface area (Å²) in [6, 6.07) is -4.31. The smallest absolute Gasteiger partial charge is 0.315 e. The van der Waals surface area contributed by atoms with E-state index in [1.54, 1.807) is 6.92 Å². The Morgan fingerprint density at radius 2 is 1.78 bits per heavy atom. The van der Waals surface area contributed by atoms with Crippen LogP contribution >= 0.6 is 0 Å². The van der Waals surface area contributed by atoms with E-state index in [0.717, 1.165) is 25.7 Å². The molecular weight excluding hydrogens is 616 g/mol. The van der Waals surface area contributed by atoms with Gasteiger partial charge in [0.1, 0.15) is 12.1 Å². The van der Waals surface area contributed by atoms with E-state index in [1.165, 1.54) is 22.3 Å². The average Bonchev–Trinajstić information content (AvgIpc) is 3.49. The van der Waals surface area contributed by atoms with E-state index in [-0.39, 0.29) is 38.4 Å². The summed E-state index contributed by atoms with van der Waals surface area (Å²) in [6.07, 6.45) is 6.50. The number of nitrogens with one attached hydrogen (secondary N) is 4. The fourth-order valence-corrected chi connectivity index (χ4v) is 6.21. The molecule has 2 fully saturated rings. The molecule has 0 bridgehead atoms. The summed E-state index contributed by atoms with van der Waals surface area (Å²) >= 11 is 0. The van der Waals surface area contributed by atoms with Crippen LogP contribution in [0.25, 0.3) is 0 Å². The summed E-state index contributed by atoms with van der Waals surface area (Å²) in [7, 11) is -2.04. The Labute approximate surface area is 273 Å². The molecule has 2 aliphatic heterocycles. The number of amides is 5. The van der Waals surface area contributed by atoms with Gasteiger partial charge in [-0.2, -0.15) is 0 Å². The molecule has 0 spiro atoms. The quantitative estimate of drug-likeness (QED) is 0.197. The lowest BCUT2D eigenvalue weighted by Crippen LogP contribution is -2.60. The zero-order valence-corrected chi connectivity index (χ0v) is 28.9. The molecule has 0 aromatic heterocycles. The van der Waals surface area contributed by atoms with Gasteiger partial charge >= 0.3 is 6.03 Å². The maximum atomic E-state index is 13.9. The van der Waals surface area contributed by atoms with Crippen LogP contribution in [-0.2, 0) is 33.9 Å². The predicted molar refractivity (Wildman–Crippen MR) is 174 cm³/mol. The van der Waals surface area contributed by atoms with Crippen molar-refractivity contribution < 1.29 is 37.1 Å².